The molecule has 0 fully saturated rings. The molecule has 0 aliphatic heterocycles. The number of methoxy groups -OCH3 is 1. The van der Waals surface area contributed by atoms with Crippen molar-refractivity contribution in [2.45, 2.75) is 11.8 Å². The number of nitrogens with one attached hydrogen (secondary N) is 2. The van der Waals surface area contributed by atoms with E-state index in [0.29, 0.717) is 5.69 Å². The summed E-state index contributed by atoms with van der Waals surface area (Å²) in [7, 11) is -2.66. The molecule has 2 aromatic rings. The van der Waals surface area contributed by atoms with Crippen LogP contribution < -0.4 is 10.5 Å². The van der Waals surface area contributed by atoms with E-state index in [9.17, 15) is 13.2 Å². The second-order valence-corrected chi connectivity index (χ2v) is 5.94. The third-order valence-corrected chi connectivity index (χ3v) is 4.09. The van der Waals surface area contributed by atoms with Gasteiger partial charge in [-0.1, -0.05) is 0 Å². The molecule has 0 aliphatic rings. The van der Waals surface area contributed by atoms with E-state index in [4.69, 9.17) is 5.73 Å². The fourth-order valence-corrected chi connectivity index (χ4v) is 2.81. The van der Waals surface area contributed by atoms with Gasteiger partial charge in [0, 0.05) is 11.8 Å². The highest BCUT2D eigenvalue weighted by Gasteiger charge is 2.20. The molecule has 0 saturated carbocycles. The SMILES string of the molecule is COC(=O)c1ccc(S(=O)(=O)Nc2cc(C)[nH]n2)c(N)c1. The number of anilines is 2. The summed E-state index contributed by atoms with van der Waals surface area (Å²) in [6, 6.07) is 5.35. The Balaban J connectivity index is 2.34. The molecule has 2 rings (SSSR count). The van der Waals surface area contributed by atoms with Crippen LogP contribution in [0, 0.1) is 6.92 Å². The number of hydrogen-bond donors (Lipinski definition) is 3. The second-order valence-electron chi connectivity index (χ2n) is 4.29. The van der Waals surface area contributed by atoms with Crippen LogP contribution in [0.15, 0.2) is 29.2 Å². The fourth-order valence-electron chi connectivity index (χ4n) is 1.70. The fraction of sp³-hybridized carbons (Fsp3) is 0.167. The van der Waals surface area contributed by atoms with Crippen LogP contribution in [0.25, 0.3) is 0 Å². The number of ether oxygens (including phenoxy) is 1. The van der Waals surface area contributed by atoms with Gasteiger partial charge >= 0.3 is 5.97 Å². The minimum absolute atomic E-state index is 0.0577. The summed E-state index contributed by atoms with van der Waals surface area (Å²) >= 11 is 0. The average molecular weight is 310 g/mol. The first kappa shape index (κ1) is 14.9. The average Bonchev–Trinajstić information content (AvgIpc) is 2.81. The van der Waals surface area contributed by atoms with Crippen molar-refractivity contribution in [2.75, 3.05) is 17.6 Å². The number of aromatic nitrogens is 2. The summed E-state index contributed by atoms with van der Waals surface area (Å²) in [4.78, 5) is 11.2. The molecule has 1 heterocycles. The molecule has 0 atom stereocenters. The number of aromatic amines is 1. The zero-order valence-electron chi connectivity index (χ0n) is 11.4. The molecule has 8 nitrogen and oxygen atoms in total. The molecule has 21 heavy (non-hydrogen) atoms. The van der Waals surface area contributed by atoms with Gasteiger partial charge in [0.15, 0.2) is 5.82 Å². The van der Waals surface area contributed by atoms with Crippen molar-refractivity contribution in [1.29, 1.82) is 0 Å². The number of esters is 1. The van der Waals surface area contributed by atoms with E-state index in [1.807, 2.05) is 0 Å². The molecule has 1 aromatic carbocycles. The van der Waals surface area contributed by atoms with Crippen molar-refractivity contribution >= 4 is 27.5 Å². The molecular weight excluding hydrogens is 296 g/mol. The van der Waals surface area contributed by atoms with E-state index in [1.165, 1.54) is 31.4 Å². The number of nitrogens with zero attached hydrogens (tertiary/aromatic N) is 1. The van der Waals surface area contributed by atoms with Crippen molar-refractivity contribution < 1.29 is 17.9 Å². The molecule has 0 amide bonds. The van der Waals surface area contributed by atoms with E-state index in [0.717, 1.165) is 0 Å². The van der Waals surface area contributed by atoms with Gasteiger partial charge in [0.25, 0.3) is 10.0 Å². The zero-order valence-corrected chi connectivity index (χ0v) is 12.2. The molecule has 0 unspecified atom stereocenters. The monoisotopic (exact) mass is 310 g/mol. The smallest absolute Gasteiger partial charge is 0.337 e. The standard InChI is InChI=1S/C12H14N4O4S/c1-7-5-11(15-14-7)16-21(18,19)10-4-3-8(6-9(10)13)12(17)20-2/h3-6H,13H2,1-2H3,(H2,14,15,16). The highest BCUT2D eigenvalue weighted by molar-refractivity contribution is 7.92. The maximum Gasteiger partial charge on any atom is 0.337 e. The predicted octanol–water partition coefficient (Wildman–Crippen LogP) is 0.888. The topological polar surface area (TPSA) is 127 Å². The van der Waals surface area contributed by atoms with Gasteiger partial charge in [0.2, 0.25) is 0 Å². The van der Waals surface area contributed by atoms with Crippen molar-refractivity contribution in [3.63, 3.8) is 0 Å². The van der Waals surface area contributed by atoms with Gasteiger partial charge in [-0.15, -0.1) is 0 Å². The number of carbonyl (C=O) groups excluding carboxylic acids is 1. The van der Waals surface area contributed by atoms with E-state index < -0.39 is 16.0 Å². The Labute approximate surface area is 121 Å². The lowest BCUT2D eigenvalue weighted by molar-refractivity contribution is 0.0600. The lowest BCUT2D eigenvalue weighted by atomic mass is 10.2. The van der Waals surface area contributed by atoms with Crippen LogP contribution in [0.4, 0.5) is 11.5 Å². The Hall–Kier alpha value is -2.55. The molecule has 112 valence electrons. The van der Waals surface area contributed by atoms with Crippen LogP contribution in [-0.2, 0) is 14.8 Å². The number of sulfonamides is 1. The summed E-state index contributed by atoms with van der Waals surface area (Å²) in [6.07, 6.45) is 0. The molecule has 0 saturated heterocycles. The Morgan fingerprint density at radius 1 is 1.38 bits per heavy atom. The van der Waals surface area contributed by atoms with Gasteiger partial charge in [-0.2, -0.15) is 5.10 Å². The normalized spacial score (nSPS) is 11.1. The van der Waals surface area contributed by atoms with Crippen molar-refractivity contribution in [3.05, 3.63) is 35.5 Å². The third kappa shape index (κ3) is 3.14. The number of hydrogen-bond acceptors (Lipinski definition) is 6. The first-order valence-corrected chi connectivity index (χ1v) is 7.34. The van der Waals surface area contributed by atoms with E-state index >= 15 is 0 Å². The minimum atomic E-state index is -3.89. The highest BCUT2D eigenvalue weighted by atomic mass is 32.2. The number of nitrogen functional groups attached to an aromatic ring is 1. The zero-order chi connectivity index (χ0) is 15.6. The van der Waals surface area contributed by atoms with E-state index in [-0.39, 0.29) is 22.0 Å². The lowest BCUT2D eigenvalue weighted by Crippen LogP contribution is -2.15. The van der Waals surface area contributed by atoms with Crippen LogP contribution >= 0.6 is 0 Å². The number of carbonyl (C=O) groups is 1. The summed E-state index contributed by atoms with van der Waals surface area (Å²) in [5.41, 5.74) is 6.53. The summed E-state index contributed by atoms with van der Waals surface area (Å²) in [5, 5.41) is 6.40. The Morgan fingerprint density at radius 3 is 2.62 bits per heavy atom. The molecular formula is C12H14N4O4S. The summed E-state index contributed by atoms with van der Waals surface area (Å²) < 4.78 is 31.3. The van der Waals surface area contributed by atoms with Gasteiger partial charge in [0.05, 0.1) is 18.4 Å². The van der Waals surface area contributed by atoms with E-state index in [2.05, 4.69) is 19.7 Å². The van der Waals surface area contributed by atoms with Crippen LogP contribution in [0.1, 0.15) is 16.1 Å². The van der Waals surface area contributed by atoms with Crippen LogP contribution in [0.3, 0.4) is 0 Å². The Bertz CT molecular complexity index is 782. The van der Waals surface area contributed by atoms with Crippen molar-refractivity contribution in [3.8, 4) is 0 Å². The van der Waals surface area contributed by atoms with Gasteiger partial charge < -0.3 is 10.5 Å². The maximum atomic E-state index is 12.2. The molecule has 9 heteroatoms. The highest BCUT2D eigenvalue weighted by Crippen LogP contribution is 2.22. The number of nitrogens with two attached hydrogens (primary N) is 1. The number of aryl methyl sites for hydroxylation is 1. The maximum absolute atomic E-state index is 12.2. The molecule has 0 aliphatic carbocycles. The Kier molecular flexibility index (Phi) is 3.85. The largest absolute Gasteiger partial charge is 0.465 e. The van der Waals surface area contributed by atoms with Gasteiger partial charge in [-0.25, -0.2) is 13.2 Å². The lowest BCUT2D eigenvalue weighted by Gasteiger charge is -2.09. The summed E-state index contributed by atoms with van der Waals surface area (Å²) in [5.74, 6) is -0.439. The first-order chi connectivity index (χ1) is 9.83. The molecule has 4 N–H and O–H groups in total. The number of rotatable bonds is 4. The van der Waals surface area contributed by atoms with E-state index in [1.54, 1.807) is 6.92 Å². The van der Waals surface area contributed by atoms with Gasteiger partial charge in [0.1, 0.15) is 4.90 Å². The molecule has 0 radical (unpaired) electrons. The number of H-pyrrole nitrogens is 1. The van der Waals surface area contributed by atoms with Crippen LogP contribution in [0.5, 0.6) is 0 Å². The summed E-state index contributed by atoms with van der Waals surface area (Å²) in [6.45, 7) is 1.74. The van der Waals surface area contributed by atoms with Crippen LogP contribution in [-0.4, -0.2) is 31.7 Å². The second kappa shape index (κ2) is 5.44. The van der Waals surface area contributed by atoms with Crippen LogP contribution in [0.2, 0.25) is 0 Å². The van der Waals surface area contributed by atoms with Gasteiger partial charge in [-0.05, 0) is 25.1 Å². The quantitative estimate of drug-likeness (QED) is 0.568. The van der Waals surface area contributed by atoms with Crippen molar-refractivity contribution in [1.82, 2.24) is 10.2 Å². The number of benzene rings is 1. The molecule has 0 spiro atoms. The molecule has 1 aromatic heterocycles. The third-order valence-electron chi connectivity index (χ3n) is 2.67. The predicted molar refractivity (Wildman–Crippen MR) is 76.3 cm³/mol. The minimum Gasteiger partial charge on any atom is -0.465 e. The Morgan fingerprint density at radius 2 is 2.10 bits per heavy atom. The van der Waals surface area contributed by atoms with Crippen molar-refractivity contribution in [2.24, 2.45) is 0 Å². The van der Waals surface area contributed by atoms with Gasteiger partial charge in [-0.3, -0.25) is 9.82 Å². The molecule has 0 bridgehead atoms. The first-order valence-electron chi connectivity index (χ1n) is 5.86.